The van der Waals surface area contributed by atoms with Crippen LogP contribution in [0, 0.1) is 29.9 Å². The average Bonchev–Trinajstić information content (AvgIpc) is 2.99. The second kappa shape index (κ2) is 6.95. The third-order valence-electron chi connectivity index (χ3n) is 4.51. The number of benzene rings is 2. The van der Waals surface area contributed by atoms with Crippen LogP contribution in [0.5, 0.6) is 0 Å². The predicted molar refractivity (Wildman–Crippen MR) is 98.1 cm³/mol. The smallest absolute Gasteiger partial charge is 0.269 e. The maximum atomic E-state index is 12.5. The molecule has 1 heterocycles. The van der Waals surface area contributed by atoms with Crippen LogP contribution in [0.15, 0.2) is 42.5 Å². The van der Waals surface area contributed by atoms with Gasteiger partial charge in [-0.3, -0.25) is 19.7 Å². The van der Waals surface area contributed by atoms with Crippen molar-refractivity contribution in [2.45, 2.75) is 20.3 Å². The van der Waals surface area contributed by atoms with E-state index >= 15 is 0 Å². The molecule has 134 valence electrons. The molecule has 2 amide bonds. The second-order valence-corrected chi connectivity index (χ2v) is 6.49. The number of aryl methyl sites for hydroxylation is 2. The van der Waals surface area contributed by atoms with Gasteiger partial charge in [0.1, 0.15) is 0 Å². The summed E-state index contributed by atoms with van der Waals surface area (Å²) in [7, 11) is 0. The van der Waals surface area contributed by atoms with Gasteiger partial charge in [-0.2, -0.15) is 0 Å². The van der Waals surface area contributed by atoms with Crippen molar-refractivity contribution in [2.24, 2.45) is 5.92 Å². The fraction of sp³-hybridized carbons (Fsp3) is 0.263. The summed E-state index contributed by atoms with van der Waals surface area (Å²) < 4.78 is 0. The third kappa shape index (κ3) is 3.56. The molecule has 0 aliphatic carbocycles. The van der Waals surface area contributed by atoms with Gasteiger partial charge in [-0.25, -0.2) is 0 Å². The van der Waals surface area contributed by atoms with E-state index in [-0.39, 0.29) is 30.5 Å². The quantitative estimate of drug-likeness (QED) is 0.675. The van der Waals surface area contributed by atoms with Crippen LogP contribution in [0.2, 0.25) is 0 Å². The van der Waals surface area contributed by atoms with Crippen LogP contribution >= 0.6 is 0 Å². The van der Waals surface area contributed by atoms with Crippen LogP contribution in [0.3, 0.4) is 0 Å². The number of rotatable bonds is 4. The third-order valence-corrected chi connectivity index (χ3v) is 4.51. The van der Waals surface area contributed by atoms with Crippen molar-refractivity contribution in [1.29, 1.82) is 0 Å². The van der Waals surface area contributed by atoms with Gasteiger partial charge in [-0.05, 0) is 37.6 Å². The van der Waals surface area contributed by atoms with E-state index in [4.69, 9.17) is 0 Å². The van der Waals surface area contributed by atoms with Crippen molar-refractivity contribution >= 4 is 28.9 Å². The molecule has 26 heavy (non-hydrogen) atoms. The van der Waals surface area contributed by atoms with Crippen LogP contribution in [-0.2, 0) is 9.59 Å². The molecule has 1 aliphatic rings. The molecule has 0 aromatic heterocycles. The normalized spacial score (nSPS) is 16.6. The lowest BCUT2D eigenvalue weighted by Crippen LogP contribution is -2.28. The summed E-state index contributed by atoms with van der Waals surface area (Å²) in [4.78, 5) is 36.6. The molecule has 0 unspecified atom stereocenters. The maximum absolute atomic E-state index is 12.5. The van der Waals surface area contributed by atoms with E-state index in [0.717, 1.165) is 16.8 Å². The Morgan fingerprint density at radius 2 is 1.88 bits per heavy atom. The molecule has 1 fully saturated rings. The number of nitro groups is 1. The molecule has 3 rings (SSSR count). The van der Waals surface area contributed by atoms with E-state index < -0.39 is 10.8 Å². The maximum Gasteiger partial charge on any atom is 0.269 e. The fourth-order valence-electron chi connectivity index (χ4n) is 3.08. The van der Waals surface area contributed by atoms with Crippen LogP contribution in [0.25, 0.3) is 0 Å². The summed E-state index contributed by atoms with van der Waals surface area (Å²) in [6.07, 6.45) is 0.119. The Morgan fingerprint density at radius 3 is 2.50 bits per heavy atom. The van der Waals surface area contributed by atoms with Crippen molar-refractivity contribution in [2.75, 3.05) is 16.8 Å². The van der Waals surface area contributed by atoms with Crippen molar-refractivity contribution < 1.29 is 14.5 Å². The first-order chi connectivity index (χ1) is 12.3. The minimum absolute atomic E-state index is 0.0375. The average molecular weight is 353 g/mol. The van der Waals surface area contributed by atoms with Crippen LogP contribution in [0.4, 0.5) is 17.1 Å². The standard InChI is InChI=1S/C19H19N3O4/c1-12-3-8-17(13(2)9-12)20-19(24)14-10-18(23)21(11-14)15-4-6-16(7-5-15)22(25)26/h3-9,14H,10-11H2,1-2H3,(H,20,24)/t14-/m0/s1. The van der Waals surface area contributed by atoms with E-state index in [1.807, 2.05) is 32.0 Å². The molecular weight excluding hydrogens is 334 g/mol. The summed E-state index contributed by atoms with van der Waals surface area (Å²) in [5.41, 5.74) is 3.34. The van der Waals surface area contributed by atoms with Gasteiger partial charge in [0.05, 0.1) is 10.8 Å². The Balaban J connectivity index is 1.70. The van der Waals surface area contributed by atoms with E-state index in [2.05, 4.69) is 5.32 Å². The first kappa shape index (κ1) is 17.6. The number of non-ortho nitro benzene ring substituents is 1. The van der Waals surface area contributed by atoms with Crippen molar-refractivity contribution in [3.63, 3.8) is 0 Å². The molecule has 7 nitrogen and oxygen atoms in total. The summed E-state index contributed by atoms with van der Waals surface area (Å²) >= 11 is 0. The zero-order valence-electron chi connectivity index (χ0n) is 14.6. The molecule has 0 bridgehead atoms. The van der Waals surface area contributed by atoms with Gasteiger partial charge in [-0.15, -0.1) is 0 Å². The summed E-state index contributed by atoms with van der Waals surface area (Å²) in [5.74, 6) is -0.826. The molecule has 1 atom stereocenters. The van der Waals surface area contributed by atoms with Crippen LogP contribution in [-0.4, -0.2) is 23.3 Å². The number of hydrogen-bond donors (Lipinski definition) is 1. The Kier molecular flexibility index (Phi) is 4.71. The monoisotopic (exact) mass is 353 g/mol. The molecular formula is C19H19N3O4. The molecule has 0 spiro atoms. The first-order valence-electron chi connectivity index (χ1n) is 8.28. The summed E-state index contributed by atoms with van der Waals surface area (Å²) in [6, 6.07) is 11.5. The number of carbonyl (C=O) groups excluding carboxylic acids is 2. The van der Waals surface area contributed by atoms with E-state index in [0.29, 0.717) is 5.69 Å². The minimum atomic E-state index is -0.490. The number of nitrogens with one attached hydrogen (secondary N) is 1. The lowest BCUT2D eigenvalue weighted by molar-refractivity contribution is -0.384. The molecule has 2 aromatic rings. The molecule has 2 aromatic carbocycles. The summed E-state index contributed by atoms with van der Waals surface area (Å²) in [6.45, 7) is 4.16. The van der Waals surface area contributed by atoms with Gasteiger partial charge in [0.2, 0.25) is 11.8 Å². The lowest BCUT2D eigenvalue weighted by atomic mass is 10.1. The van der Waals surface area contributed by atoms with Crippen molar-refractivity contribution in [3.05, 3.63) is 63.7 Å². The van der Waals surface area contributed by atoms with E-state index in [1.165, 1.54) is 29.2 Å². The molecule has 0 radical (unpaired) electrons. The molecule has 1 saturated heterocycles. The topological polar surface area (TPSA) is 92.6 Å². The van der Waals surface area contributed by atoms with Gasteiger partial charge in [-0.1, -0.05) is 17.7 Å². The van der Waals surface area contributed by atoms with E-state index in [1.54, 1.807) is 0 Å². The predicted octanol–water partition coefficient (Wildman–Crippen LogP) is 3.20. The molecule has 1 N–H and O–H groups in total. The van der Waals surface area contributed by atoms with Crippen molar-refractivity contribution in [1.82, 2.24) is 0 Å². The van der Waals surface area contributed by atoms with Crippen molar-refractivity contribution in [3.8, 4) is 0 Å². The second-order valence-electron chi connectivity index (χ2n) is 6.49. The first-order valence-corrected chi connectivity index (χ1v) is 8.28. The van der Waals surface area contributed by atoms with Gasteiger partial charge >= 0.3 is 0 Å². The zero-order valence-corrected chi connectivity index (χ0v) is 14.6. The molecule has 0 saturated carbocycles. The number of nitrogens with zero attached hydrogens (tertiary/aromatic N) is 2. The Hall–Kier alpha value is -3.22. The highest BCUT2D eigenvalue weighted by atomic mass is 16.6. The van der Waals surface area contributed by atoms with Gasteiger partial charge in [0.25, 0.3) is 5.69 Å². The number of amides is 2. The largest absolute Gasteiger partial charge is 0.326 e. The summed E-state index contributed by atoms with van der Waals surface area (Å²) in [5, 5.41) is 13.6. The van der Waals surface area contributed by atoms with Crippen LogP contribution < -0.4 is 10.2 Å². The highest BCUT2D eigenvalue weighted by molar-refractivity contribution is 6.03. The number of nitro benzene ring substituents is 1. The van der Waals surface area contributed by atoms with Gasteiger partial charge < -0.3 is 10.2 Å². The molecule has 1 aliphatic heterocycles. The lowest BCUT2D eigenvalue weighted by Gasteiger charge is -2.17. The Labute approximate surface area is 150 Å². The molecule has 7 heteroatoms. The Morgan fingerprint density at radius 1 is 1.19 bits per heavy atom. The van der Waals surface area contributed by atoms with Gasteiger partial charge in [0.15, 0.2) is 0 Å². The number of carbonyl (C=O) groups is 2. The SMILES string of the molecule is Cc1ccc(NC(=O)[C@H]2CC(=O)N(c3ccc([N+](=O)[O-])cc3)C2)c(C)c1. The Bertz CT molecular complexity index is 877. The van der Waals surface area contributed by atoms with E-state index in [9.17, 15) is 19.7 Å². The minimum Gasteiger partial charge on any atom is -0.326 e. The number of anilines is 2. The van der Waals surface area contributed by atoms with Crippen LogP contribution in [0.1, 0.15) is 17.5 Å². The highest BCUT2D eigenvalue weighted by Gasteiger charge is 2.35. The number of hydrogen-bond acceptors (Lipinski definition) is 4. The fourth-order valence-corrected chi connectivity index (χ4v) is 3.08. The highest BCUT2D eigenvalue weighted by Crippen LogP contribution is 2.28. The zero-order chi connectivity index (χ0) is 18.8. The van der Waals surface area contributed by atoms with Gasteiger partial charge in [0, 0.05) is 36.5 Å².